The summed E-state index contributed by atoms with van der Waals surface area (Å²) in [6, 6.07) is 13.7. The SMILES string of the molecule is COCCn1nc(C(=O)N(C)Cc2ccc(-c3ccc(Cl)cc3)o2)ccc1=O. The van der Waals surface area contributed by atoms with E-state index in [1.807, 2.05) is 24.3 Å². The third-order valence-electron chi connectivity index (χ3n) is 4.12. The van der Waals surface area contributed by atoms with E-state index in [0.29, 0.717) is 23.2 Å². The second-order valence-corrected chi connectivity index (χ2v) is 6.64. The molecule has 0 unspecified atom stereocenters. The number of rotatable bonds is 7. The predicted octanol–water partition coefficient (Wildman–Crippen LogP) is 3.08. The van der Waals surface area contributed by atoms with Crippen LogP contribution in [-0.2, 0) is 17.8 Å². The van der Waals surface area contributed by atoms with Crippen molar-refractivity contribution >= 4 is 17.5 Å². The van der Waals surface area contributed by atoms with Crippen molar-refractivity contribution in [2.75, 3.05) is 20.8 Å². The van der Waals surface area contributed by atoms with Gasteiger partial charge in [-0.3, -0.25) is 9.59 Å². The van der Waals surface area contributed by atoms with Crippen LogP contribution >= 0.6 is 11.6 Å². The zero-order valence-corrected chi connectivity index (χ0v) is 16.3. The van der Waals surface area contributed by atoms with Gasteiger partial charge >= 0.3 is 0 Å². The number of aromatic nitrogens is 2. The highest BCUT2D eigenvalue weighted by molar-refractivity contribution is 6.30. The van der Waals surface area contributed by atoms with Crippen LogP contribution < -0.4 is 5.56 Å². The monoisotopic (exact) mass is 401 g/mol. The summed E-state index contributed by atoms with van der Waals surface area (Å²) in [5.41, 5.74) is 0.800. The summed E-state index contributed by atoms with van der Waals surface area (Å²) in [7, 11) is 3.19. The van der Waals surface area contributed by atoms with Gasteiger partial charge in [-0.1, -0.05) is 11.6 Å². The number of furan rings is 1. The molecule has 2 heterocycles. The van der Waals surface area contributed by atoms with Crippen LogP contribution in [0.5, 0.6) is 0 Å². The first-order valence-electron chi connectivity index (χ1n) is 8.65. The van der Waals surface area contributed by atoms with Gasteiger partial charge in [0.1, 0.15) is 17.2 Å². The number of nitrogens with zero attached hydrogens (tertiary/aromatic N) is 3. The van der Waals surface area contributed by atoms with Crippen molar-refractivity contribution < 1.29 is 13.9 Å². The lowest BCUT2D eigenvalue weighted by Crippen LogP contribution is -2.31. The average Bonchev–Trinajstić information content (AvgIpc) is 3.15. The Balaban J connectivity index is 1.71. The molecule has 3 aromatic rings. The smallest absolute Gasteiger partial charge is 0.274 e. The molecule has 0 aliphatic carbocycles. The van der Waals surface area contributed by atoms with E-state index in [1.165, 1.54) is 28.8 Å². The summed E-state index contributed by atoms with van der Waals surface area (Å²) in [6.45, 7) is 0.883. The number of ether oxygens (including phenoxy) is 1. The Kier molecular flexibility index (Phi) is 6.28. The Morgan fingerprint density at radius 1 is 1.18 bits per heavy atom. The molecule has 0 aliphatic rings. The molecule has 0 spiro atoms. The predicted molar refractivity (Wildman–Crippen MR) is 105 cm³/mol. The zero-order chi connectivity index (χ0) is 20.1. The summed E-state index contributed by atoms with van der Waals surface area (Å²) in [5.74, 6) is 1.02. The van der Waals surface area contributed by atoms with Crippen molar-refractivity contribution in [1.29, 1.82) is 0 Å². The van der Waals surface area contributed by atoms with Gasteiger partial charge in [-0.05, 0) is 42.5 Å². The number of carbonyl (C=O) groups excluding carboxylic acids is 1. The molecule has 0 bridgehead atoms. The van der Waals surface area contributed by atoms with Gasteiger partial charge in [-0.25, -0.2) is 4.68 Å². The molecular formula is C20H20ClN3O4. The fourth-order valence-corrected chi connectivity index (χ4v) is 2.76. The lowest BCUT2D eigenvalue weighted by atomic mass is 10.2. The summed E-state index contributed by atoms with van der Waals surface area (Å²) in [5, 5.41) is 4.78. The number of carbonyl (C=O) groups is 1. The molecule has 8 heteroatoms. The number of benzene rings is 1. The van der Waals surface area contributed by atoms with Crippen molar-refractivity contribution in [3.05, 3.63) is 75.4 Å². The van der Waals surface area contributed by atoms with E-state index in [-0.39, 0.29) is 30.2 Å². The Bertz CT molecular complexity index is 1010. The number of halogens is 1. The number of amides is 1. The largest absolute Gasteiger partial charge is 0.459 e. The van der Waals surface area contributed by atoms with Gasteiger partial charge in [0.2, 0.25) is 0 Å². The molecule has 1 aromatic carbocycles. The molecule has 0 N–H and O–H groups in total. The van der Waals surface area contributed by atoms with Gasteiger partial charge in [-0.2, -0.15) is 5.10 Å². The fourth-order valence-electron chi connectivity index (χ4n) is 2.63. The molecule has 2 aromatic heterocycles. The van der Waals surface area contributed by atoms with E-state index in [9.17, 15) is 9.59 Å². The standard InChI is InChI=1S/C20H20ClN3O4/c1-23(20(26)17-8-10-19(25)24(22-17)11-12-27-2)13-16-7-9-18(28-16)14-3-5-15(21)6-4-14/h3-10H,11-13H2,1-2H3. The Morgan fingerprint density at radius 2 is 1.93 bits per heavy atom. The molecule has 1 amide bonds. The maximum Gasteiger partial charge on any atom is 0.274 e. The third kappa shape index (κ3) is 4.68. The molecule has 28 heavy (non-hydrogen) atoms. The van der Waals surface area contributed by atoms with Gasteiger partial charge in [0, 0.05) is 30.8 Å². The molecule has 0 saturated heterocycles. The second kappa shape index (κ2) is 8.86. The molecule has 0 radical (unpaired) electrons. The van der Waals surface area contributed by atoms with Gasteiger partial charge in [0.25, 0.3) is 11.5 Å². The lowest BCUT2D eigenvalue weighted by Gasteiger charge is -2.15. The van der Waals surface area contributed by atoms with E-state index in [0.717, 1.165) is 5.56 Å². The third-order valence-corrected chi connectivity index (χ3v) is 4.38. The van der Waals surface area contributed by atoms with Gasteiger partial charge in [0.05, 0.1) is 19.7 Å². The van der Waals surface area contributed by atoms with E-state index in [1.54, 1.807) is 19.2 Å². The van der Waals surface area contributed by atoms with Crippen LogP contribution in [0.25, 0.3) is 11.3 Å². The molecule has 0 atom stereocenters. The van der Waals surface area contributed by atoms with Gasteiger partial charge in [0.15, 0.2) is 0 Å². The molecule has 0 saturated carbocycles. The van der Waals surface area contributed by atoms with Crippen LogP contribution in [0.2, 0.25) is 5.02 Å². The van der Waals surface area contributed by atoms with Crippen molar-refractivity contribution in [1.82, 2.24) is 14.7 Å². The fraction of sp³-hybridized carbons (Fsp3) is 0.250. The van der Waals surface area contributed by atoms with Gasteiger partial charge in [-0.15, -0.1) is 0 Å². The number of hydrogen-bond donors (Lipinski definition) is 0. The highest BCUT2D eigenvalue weighted by atomic mass is 35.5. The first kappa shape index (κ1) is 19.9. The van der Waals surface area contributed by atoms with Crippen molar-refractivity contribution in [3.8, 4) is 11.3 Å². The van der Waals surface area contributed by atoms with E-state index < -0.39 is 0 Å². The first-order chi connectivity index (χ1) is 13.5. The highest BCUT2D eigenvalue weighted by Crippen LogP contribution is 2.24. The molecule has 146 valence electrons. The van der Waals surface area contributed by atoms with E-state index in [2.05, 4.69) is 5.10 Å². The molecule has 7 nitrogen and oxygen atoms in total. The minimum Gasteiger partial charge on any atom is -0.459 e. The van der Waals surface area contributed by atoms with Crippen molar-refractivity contribution in [2.45, 2.75) is 13.1 Å². The maximum atomic E-state index is 12.7. The zero-order valence-electron chi connectivity index (χ0n) is 15.6. The van der Waals surface area contributed by atoms with Crippen LogP contribution in [0.3, 0.4) is 0 Å². The van der Waals surface area contributed by atoms with Crippen LogP contribution in [0.4, 0.5) is 0 Å². The topological polar surface area (TPSA) is 77.6 Å². The van der Waals surface area contributed by atoms with Crippen LogP contribution in [0.15, 0.2) is 57.7 Å². The van der Waals surface area contributed by atoms with E-state index in [4.69, 9.17) is 20.8 Å². The molecular weight excluding hydrogens is 382 g/mol. The minimum atomic E-state index is -0.310. The van der Waals surface area contributed by atoms with Gasteiger partial charge < -0.3 is 14.1 Å². The summed E-state index contributed by atoms with van der Waals surface area (Å²) < 4.78 is 12.0. The van der Waals surface area contributed by atoms with Crippen LogP contribution in [-0.4, -0.2) is 41.4 Å². The number of hydrogen-bond acceptors (Lipinski definition) is 5. The maximum absolute atomic E-state index is 12.7. The second-order valence-electron chi connectivity index (χ2n) is 6.21. The Hall–Kier alpha value is -2.90. The normalized spacial score (nSPS) is 10.8. The Labute approximate surface area is 167 Å². The first-order valence-corrected chi connectivity index (χ1v) is 9.03. The quantitative estimate of drug-likeness (QED) is 0.608. The number of methoxy groups -OCH3 is 1. The summed E-state index contributed by atoms with van der Waals surface area (Å²) in [6.07, 6.45) is 0. The molecule has 3 rings (SSSR count). The summed E-state index contributed by atoms with van der Waals surface area (Å²) in [4.78, 5) is 26.0. The van der Waals surface area contributed by atoms with Crippen LogP contribution in [0.1, 0.15) is 16.2 Å². The van der Waals surface area contributed by atoms with Crippen molar-refractivity contribution in [2.24, 2.45) is 0 Å². The molecule has 0 aliphatic heterocycles. The lowest BCUT2D eigenvalue weighted by molar-refractivity contribution is 0.0766. The highest BCUT2D eigenvalue weighted by Gasteiger charge is 2.17. The van der Waals surface area contributed by atoms with Crippen molar-refractivity contribution in [3.63, 3.8) is 0 Å². The van der Waals surface area contributed by atoms with E-state index >= 15 is 0 Å². The molecule has 0 fully saturated rings. The van der Waals surface area contributed by atoms with Crippen LogP contribution in [0, 0.1) is 0 Å². The summed E-state index contributed by atoms with van der Waals surface area (Å²) >= 11 is 5.91. The Morgan fingerprint density at radius 3 is 2.64 bits per heavy atom. The average molecular weight is 402 g/mol. The minimum absolute atomic E-state index is 0.183.